The fraction of sp³-hybridized carbons (Fsp3) is 0.526. The number of aromatic nitrogens is 3. The number of fused-ring (bicyclic) bond motifs is 1. The zero-order valence-electron chi connectivity index (χ0n) is 30.7. The summed E-state index contributed by atoms with van der Waals surface area (Å²) in [5, 5.41) is 22.9. The van der Waals surface area contributed by atoms with E-state index in [1.807, 2.05) is 0 Å². The van der Waals surface area contributed by atoms with E-state index in [4.69, 9.17) is 10.5 Å². The van der Waals surface area contributed by atoms with Crippen molar-refractivity contribution in [2.24, 2.45) is 16.6 Å². The van der Waals surface area contributed by atoms with Gasteiger partial charge in [-0.25, -0.2) is 9.67 Å². The van der Waals surface area contributed by atoms with Crippen molar-refractivity contribution < 1.29 is 47.3 Å². The third kappa shape index (κ3) is 8.88. The van der Waals surface area contributed by atoms with E-state index >= 15 is 0 Å². The molecule has 2 aromatic carbocycles. The Labute approximate surface area is 315 Å². The van der Waals surface area contributed by atoms with Gasteiger partial charge in [0.2, 0.25) is 11.7 Å². The Balaban J connectivity index is 1.36. The number of rotatable bonds is 12. The molecular weight excluding hydrogens is 720 g/mol. The lowest BCUT2D eigenvalue weighted by Crippen LogP contribution is -2.63. The van der Waals surface area contributed by atoms with E-state index in [1.165, 1.54) is 40.0 Å². The standard InChI is InChI=1S/C38H45F2N7O8/c1-37(2,53)30-20-42-45-47(30)26-19-29(34(51)44-38(31(48)32(41)49)12-14-54-15-13-38)46(21-26)35(52)28(16-22-6-4-3-5-7-22)43-33(50)25-9-8-24-18-27(55-36(39)40)11-10-23(24)17-25/h8-11,17-18,20,22,26,29,36,53H,3-7,12-16,19,21H2,1-2H3,(H2,41,49)(H,44,51)/b43-28+/t26-,29-/m0/s1. The zero-order valence-corrected chi connectivity index (χ0v) is 30.7. The smallest absolute Gasteiger partial charge is 0.387 e. The van der Waals surface area contributed by atoms with Crippen molar-refractivity contribution in [1.29, 1.82) is 0 Å². The molecule has 0 radical (unpaired) electrons. The highest BCUT2D eigenvalue weighted by Crippen LogP contribution is 2.34. The van der Waals surface area contributed by atoms with Crippen LogP contribution in [-0.2, 0) is 29.5 Å². The first-order valence-electron chi connectivity index (χ1n) is 18.4. The molecule has 0 unspecified atom stereocenters. The van der Waals surface area contributed by atoms with Gasteiger partial charge in [-0.05, 0) is 61.2 Å². The first-order valence-corrected chi connectivity index (χ1v) is 18.4. The van der Waals surface area contributed by atoms with Crippen molar-refractivity contribution in [2.45, 2.75) is 101 Å². The van der Waals surface area contributed by atoms with Gasteiger partial charge in [0.25, 0.3) is 17.7 Å². The van der Waals surface area contributed by atoms with Crippen LogP contribution >= 0.6 is 0 Å². The van der Waals surface area contributed by atoms with E-state index in [2.05, 4.69) is 25.4 Å². The average molecular weight is 766 g/mol. The molecule has 55 heavy (non-hydrogen) atoms. The van der Waals surface area contributed by atoms with Gasteiger partial charge < -0.3 is 30.5 Å². The first-order chi connectivity index (χ1) is 26.1. The van der Waals surface area contributed by atoms with E-state index < -0.39 is 59.2 Å². The Hall–Kier alpha value is -5.16. The first kappa shape index (κ1) is 39.5. The highest BCUT2D eigenvalue weighted by molar-refractivity contribution is 6.41. The van der Waals surface area contributed by atoms with Crippen LogP contribution in [0.1, 0.15) is 93.7 Å². The Morgan fingerprint density at radius 3 is 2.44 bits per heavy atom. The minimum absolute atomic E-state index is 0.00601. The van der Waals surface area contributed by atoms with Crippen LogP contribution < -0.4 is 15.8 Å². The van der Waals surface area contributed by atoms with Crippen molar-refractivity contribution in [3.8, 4) is 5.75 Å². The molecule has 2 atom stereocenters. The summed E-state index contributed by atoms with van der Waals surface area (Å²) >= 11 is 0. The SMILES string of the molecule is CC(C)(O)c1cnnn1[C@H]1C[C@@H](C(=O)NC2(C(=O)C(N)=O)CCOCC2)N(C(=O)/C(CC2CCCCC2)=N/C(=O)c2ccc3cc(OC(F)F)ccc3c2)C1. The number of primary amides is 1. The van der Waals surface area contributed by atoms with Gasteiger partial charge >= 0.3 is 6.61 Å². The molecule has 17 heteroatoms. The van der Waals surface area contributed by atoms with Crippen LogP contribution in [0.15, 0.2) is 47.6 Å². The molecular formula is C38H45F2N7O8. The lowest BCUT2D eigenvalue weighted by molar-refractivity contribution is -0.146. The highest BCUT2D eigenvalue weighted by atomic mass is 19.3. The fourth-order valence-electron chi connectivity index (χ4n) is 7.83. The maximum absolute atomic E-state index is 14.8. The molecule has 1 saturated carbocycles. The minimum Gasteiger partial charge on any atom is -0.435 e. The number of carbonyl (C=O) groups excluding carboxylic acids is 5. The van der Waals surface area contributed by atoms with Crippen molar-refractivity contribution in [3.05, 3.63) is 53.9 Å². The van der Waals surface area contributed by atoms with E-state index in [-0.39, 0.29) is 68.4 Å². The van der Waals surface area contributed by atoms with Gasteiger partial charge in [0.1, 0.15) is 28.6 Å². The van der Waals surface area contributed by atoms with Gasteiger partial charge in [-0.15, -0.1) is 5.10 Å². The number of ether oxygens (including phenoxy) is 2. The molecule has 3 heterocycles. The fourth-order valence-corrected chi connectivity index (χ4v) is 7.83. The summed E-state index contributed by atoms with van der Waals surface area (Å²) in [6.07, 6.45) is 6.12. The number of benzene rings is 2. The second-order valence-electron chi connectivity index (χ2n) is 15.0. The maximum atomic E-state index is 14.8. The van der Waals surface area contributed by atoms with Crippen molar-refractivity contribution in [1.82, 2.24) is 25.2 Å². The van der Waals surface area contributed by atoms with Gasteiger partial charge in [0.05, 0.1) is 17.9 Å². The van der Waals surface area contributed by atoms with Crippen LogP contribution in [0.5, 0.6) is 5.75 Å². The number of ketones is 1. The normalized spacial score (nSPS) is 20.8. The van der Waals surface area contributed by atoms with Crippen molar-refractivity contribution >= 4 is 45.9 Å². The predicted molar refractivity (Wildman–Crippen MR) is 193 cm³/mol. The number of nitrogens with one attached hydrogen (secondary N) is 1. The van der Waals surface area contributed by atoms with Gasteiger partial charge in [-0.2, -0.15) is 8.78 Å². The molecule has 6 rings (SSSR count). The molecule has 3 aliphatic rings. The molecule has 0 spiro atoms. The topological polar surface area (TPSA) is 208 Å². The Morgan fingerprint density at radius 1 is 1.07 bits per heavy atom. The van der Waals surface area contributed by atoms with Crippen LogP contribution in [0, 0.1) is 5.92 Å². The summed E-state index contributed by atoms with van der Waals surface area (Å²) in [5.41, 5.74) is 2.83. The number of nitrogens with two attached hydrogens (primary N) is 1. The Bertz CT molecular complexity index is 1980. The number of Topliss-reactive ketones (excluding diaryl/α,β-unsaturated/α-hetero) is 1. The molecule has 1 aliphatic carbocycles. The molecule has 3 aromatic rings. The van der Waals surface area contributed by atoms with Gasteiger partial charge in [-0.3, -0.25) is 24.0 Å². The van der Waals surface area contributed by atoms with E-state index in [0.29, 0.717) is 16.5 Å². The second kappa shape index (κ2) is 16.3. The number of nitrogens with zero attached hydrogens (tertiary/aromatic N) is 5. The number of alkyl halides is 2. The van der Waals surface area contributed by atoms with Gasteiger partial charge in [-0.1, -0.05) is 49.5 Å². The van der Waals surface area contributed by atoms with E-state index in [0.717, 1.165) is 32.1 Å². The van der Waals surface area contributed by atoms with Gasteiger partial charge in [0, 0.05) is 44.6 Å². The third-order valence-corrected chi connectivity index (χ3v) is 10.7. The van der Waals surface area contributed by atoms with Crippen molar-refractivity contribution in [3.63, 3.8) is 0 Å². The van der Waals surface area contributed by atoms with Crippen LogP contribution in [-0.4, -0.2) is 98.1 Å². The quantitative estimate of drug-likeness (QED) is 0.181. The molecule has 294 valence electrons. The van der Waals surface area contributed by atoms with Crippen LogP contribution in [0.2, 0.25) is 0 Å². The molecule has 1 aromatic heterocycles. The number of carbonyl (C=O) groups is 5. The second-order valence-corrected chi connectivity index (χ2v) is 15.0. The van der Waals surface area contributed by atoms with E-state index in [9.17, 15) is 37.9 Å². The summed E-state index contributed by atoms with van der Waals surface area (Å²) in [6, 6.07) is 7.05. The number of hydrogen-bond donors (Lipinski definition) is 3. The molecule has 3 fully saturated rings. The summed E-state index contributed by atoms with van der Waals surface area (Å²) in [6.45, 7) is 0.201. The number of aliphatic imine (C=N–C) groups is 1. The molecule has 4 amide bonds. The average Bonchev–Trinajstić information content (AvgIpc) is 3.83. The highest BCUT2D eigenvalue weighted by Gasteiger charge is 2.49. The predicted octanol–water partition coefficient (Wildman–Crippen LogP) is 3.37. The molecule has 4 N–H and O–H groups in total. The van der Waals surface area contributed by atoms with Crippen LogP contribution in [0.3, 0.4) is 0 Å². The Kier molecular flexibility index (Phi) is 11.7. The summed E-state index contributed by atoms with van der Waals surface area (Å²) in [5.74, 6) is -4.27. The number of amides is 4. The third-order valence-electron chi connectivity index (χ3n) is 10.7. The van der Waals surface area contributed by atoms with E-state index in [1.54, 1.807) is 26.0 Å². The van der Waals surface area contributed by atoms with Gasteiger partial charge in [0.15, 0.2) is 0 Å². The lowest BCUT2D eigenvalue weighted by atomic mass is 9.84. The number of likely N-dealkylation sites (tertiary alicyclic amines) is 1. The summed E-state index contributed by atoms with van der Waals surface area (Å²) in [7, 11) is 0. The molecule has 0 bridgehead atoms. The minimum atomic E-state index is -3.00. The largest absolute Gasteiger partial charge is 0.435 e. The molecule has 15 nitrogen and oxygen atoms in total. The van der Waals surface area contributed by atoms with Crippen LogP contribution in [0.25, 0.3) is 10.8 Å². The zero-order chi connectivity index (χ0) is 39.5. The Morgan fingerprint density at radius 2 is 1.76 bits per heavy atom. The molecule has 2 saturated heterocycles. The monoisotopic (exact) mass is 765 g/mol. The van der Waals surface area contributed by atoms with Crippen LogP contribution in [0.4, 0.5) is 8.78 Å². The maximum Gasteiger partial charge on any atom is 0.387 e. The lowest BCUT2D eigenvalue weighted by Gasteiger charge is -2.37. The number of hydrogen-bond acceptors (Lipinski definition) is 10. The number of aliphatic hydroxyl groups is 1. The summed E-state index contributed by atoms with van der Waals surface area (Å²) < 4.78 is 36.9. The van der Waals surface area contributed by atoms with Crippen molar-refractivity contribution in [2.75, 3.05) is 19.8 Å². The molecule has 2 aliphatic heterocycles. The summed E-state index contributed by atoms with van der Waals surface area (Å²) in [4.78, 5) is 73.9. The number of halogens is 2.